The Bertz CT molecular complexity index is 1150. The van der Waals surface area contributed by atoms with Crippen molar-refractivity contribution in [1.82, 2.24) is 0 Å². The summed E-state index contributed by atoms with van der Waals surface area (Å²) in [6.07, 6.45) is 7.68. The standard InChI is InChI=1S/C36H57O8/c1-11-30(23(4)27(8)34(39)40)16-13-18-32(25(6)29(10)36(43)44)20-14-19-31(24(5)28(9)35(41)42)17-12-15-21(2)22(3)26(7)33(37)38/h21,30-32H,1,11-20H2,2-10H3,(H,37,38)(H,39,40)(H,41,42)(H,43,44). The number of hydrogen-bond acceptors (Lipinski definition) is 4. The van der Waals surface area contributed by atoms with Crippen LogP contribution in [0.25, 0.3) is 0 Å². The number of carbonyl (C=O) groups is 4. The van der Waals surface area contributed by atoms with Crippen molar-refractivity contribution in [2.75, 3.05) is 0 Å². The molecule has 8 nitrogen and oxygen atoms in total. The average molecular weight is 618 g/mol. The van der Waals surface area contributed by atoms with Gasteiger partial charge in [-0.1, -0.05) is 55.4 Å². The number of hydrogen-bond donors (Lipinski definition) is 4. The van der Waals surface area contributed by atoms with Gasteiger partial charge in [0.05, 0.1) is 0 Å². The highest BCUT2D eigenvalue weighted by Gasteiger charge is 2.22. The van der Waals surface area contributed by atoms with Gasteiger partial charge < -0.3 is 20.4 Å². The minimum atomic E-state index is -0.940. The molecule has 0 aliphatic heterocycles. The van der Waals surface area contributed by atoms with E-state index in [1.807, 2.05) is 34.6 Å². The first-order valence-corrected chi connectivity index (χ1v) is 15.8. The van der Waals surface area contributed by atoms with Crippen LogP contribution >= 0.6 is 0 Å². The first-order chi connectivity index (χ1) is 20.4. The fourth-order valence-electron chi connectivity index (χ4n) is 5.80. The average Bonchev–Trinajstić information content (AvgIpc) is 2.97. The van der Waals surface area contributed by atoms with Crippen LogP contribution in [0.3, 0.4) is 0 Å². The van der Waals surface area contributed by atoms with Crippen molar-refractivity contribution in [2.45, 2.75) is 127 Å². The third kappa shape index (κ3) is 13.2. The molecule has 0 aliphatic carbocycles. The van der Waals surface area contributed by atoms with Crippen LogP contribution in [0.1, 0.15) is 127 Å². The fourth-order valence-corrected chi connectivity index (χ4v) is 5.80. The fraction of sp³-hybridized carbons (Fsp3) is 0.639. The lowest BCUT2D eigenvalue weighted by Crippen LogP contribution is -2.13. The Morgan fingerprint density at radius 1 is 0.455 bits per heavy atom. The number of carboxylic acid groups (broad SMARTS) is 4. The smallest absolute Gasteiger partial charge is 0.331 e. The highest BCUT2D eigenvalue weighted by Crippen LogP contribution is 2.33. The zero-order valence-corrected chi connectivity index (χ0v) is 28.5. The normalized spacial score (nSPS) is 16.9. The maximum atomic E-state index is 11.8. The van der Waals surface area contributed by atoms with Crippen molar-refractivity contribution < 1.29 is 39.6 Å². The molecule has 0 saturated heterocycles. The van der Waals surface area contributed by atoms with Gasteiger partial charge in [0.2, 0.25) is 0 Å². The third-order valence-corrected chi connectivity index (χ3v) is 9.97. The molecule has 0 spiro atoms. The maximum absolute atomic E-state index is 11.8. The SMILES string of the molecule is [CH2]CC(CCCC(CCCC(CCCC(C)C(C)=C(C)C(=O)O)C(C)=C(C)C(=O)O)C(C)=C(C)C(=O)O)C(C)=C(C)C(=O)O. The van der Waals surface area contributed by atoms with E-state index in [1.54, 1.807) is 27.7 Å². The number of aliphatic carboxylic acids is 4. The van der Waals surface area contributed by atoms with E-state index in [0.29, 0.717) is 28.7 Å². The summed E-state index contributed by atoms with van der Waals surface area (Å²) in [5.41, 5.74) is 4.76. The Hall–Kier alpha value is -3.16. The summed E-state index contributed by atoms with van der Waals surface area (Å²) in [7, 11) is 0. The molecule has 4 unspecified atom stereocenters. The van der Waals surface area contributed by atoms with Crippen LogP contribution in [0.15, 0.2) is 44.6 Å². The molecular formula is C36H57O8. The Labute approximate surface area is 265 Å². The van der Waals surface area contributed by atoms with Crippen LogP contribution in [-0.2, 0) is 19.2 Å². The summed E-state index contributed by atoms with van der Waals surface area (Å²) in [5, 5.41) is 38.0. The number of carboxylic acids is 4. The van der Waals surface area contributed by atoms with Crippen molar-refractivity contribution in [3.05, 3.63) is 51.5 Å². The zero-order chi connectivity index (χ0) is 34.3. The topological polar surface area (TPSA) is 149 Å². The largest absolute Gasteiger partial charge is 0.478 e. The summed E-state index contributed by atoms with van der Waals surface area (Å²) in [4.78, 5) is 46.4. The molecule has 0 bridgehead atoms. The van der Waals surface area contributed by atoms with Crippen molar-refractivity contribution in [3.8, 4) is 0 Å². The first-order valence-electron chi connectivity index (χ1n) is 15.8. The van der Waals surface area contributed by atoms with E-state index >= 15 is 0 Å². The van der Waals surface area contributed by atoms with Crippen molar-refractivity contribution in [3.63, 3.8) is 0 Å². The molecule has 0 aromatic carbocycles. The van der Waals surface area contributed by atoms with E-state index in [0.717, 1.165) is 80.1 Å². The summed E-state index contributed by atoms with van der Waals surface area (Å²) in [6, 6.07) is 0. The summed E-state index contributed by atoms with van der Waals surface area (Å²) in [6.45, 7) is 20.0. The van der Waals surface area contributed by atoms with Gasteiger partial charge in [-0.15, -0.1) is 0 Å². The molecule has 1 radical (unpaired) electrons. The summed E-state index contributed by atoms with van der Waals surface area (Å²) < 4.78 is 0. The Kier molecular flexibility index (Phi) is 18.5. The van der Waals surface area contributed by atoms with Crippen LogP contribution in [0.5, 0.6) is 0 Å². The molecule has 4 N–H and O–H groups in total. The van der Waals surface area contributed by atoms with Crippen molar-refractivity contribution >= 4 is 23.9 Å². The molecule has 0 amide bonds. The number of allylic oxidation sites excluding steroid dienone is 4. The van der Waals surface area contributed by atoms with Gasteiger partial charge in [-0.05, 0) is 124 Å². The molecule has 0 aromatic heterocycles. The predicted octanol–water partition coefficient (Wildman–Crippen LogP) is 8.89. The molecule has 44 heavy (non-hydrogen) atoms. The van der Waals surface area contributed by atoms with E-state index in [4.69, 9.17) is 0 Å². The third-order valence-electron chi connectivity index (χ3n) is 9.97. The van der Waals surface area contributed by atoms with Crippen LogP contribution in [0.2, 0.25) is 0 Å². The maximum Gasteiger partial charge on any atom is 0.331 e. The monoisotopic (exact) mass is 617 g/mol. The molecule has 0 rings (SSSR count). The lowest BCUT2D eigenvalue weighted by atomic mass is 9.81. The van der Waals surface area contributed by atoms with Gasteiger partial charge in [0.15, 0.2) is 0 Å². The van der Waals surface area contributed by atoms with Crippen LogP contribution in [0, 0.1) is 30.6 Å². The lowest BCUT2D eigenvalue weighted by molar-refractivity contribution is -0.133. The molecule has 0 saturated carbocycles. The lowest BCUT2D eigenvalue weighted by Gasteiger charge is -2.24. The van der Waals surface area contributed by atoms with Gasteiger partial charge in [-0.3, -0.25) is 0 Å². The van der Waals surface area contributed by atoms with Gasteiger partial charge in [0, 0.05) is 22.3 Å². The highest BCUT2D eigenvalue weighted by molar-refractivity contribution is 5.88. The predicted molar refractivity (Wildman–Crippen MR) is 175 cm³/mol. The van der Waals surface area contributed by atoms with Crippen LogP contribution in [0.4, 0.5) is 0 Å². The van der Waals surface area contributed by atoms with Crippen molar-refractivity contribution in [2.24, 2.45) is 23.7 Å². The van der Waals surface area contributed by atoms with E-state index in [1.165, 1.54) is 0 Å². The zero-order valence-electron chi connectivity index (χ0n) is 28.5. The van der Waals surface area contributed by atoms with E-state index in [2.05, 4.69) is 6.92 Å². The molecule has 4 atom stereocenters. The summed E-state index contributed by atoms with van der Waals surface area (Å²) in [5.74, 6) is -3.47. The minimum Gasteiger partial charge on any atom is -0.478 e. The van der Waals surface area contributed by atoms with Gasteiger partial charge in [-0.25, -0.2) is 19.2 Å². The second-order valence-corrected chi connectivity index (χ2v) is 12.5. The molecule has 8 heteroatoms. The molecule has 249 valence electrons. The van der Waals surface area contributed by atoms with Crippen LogP contribution in [-0.4, -0.2) is 44.3 Å². The molecule has 0 fully saturated rings. The Balaban J connectivity index is 5.80. The minimum absolute atomic E-state index is 0.0405. The van der Waals surface area contributed by atoms with Gasteiger partial charge in [-0.2, -0.15) is 0 Å². The van der Waals surface area contributed by atoms with E-state index in [-0.39, 0.29) is 23.7 Å². The summed E-state index contributed by atoms with van der Waals surface area (Å²) >= 11 is 0. The second-order valence-electron chi connectivity index (χ2n) is 12.5. The van der Waals surface area contributed by atoms with Gasteiger partial charge in [0.25, 0.3) is 0 Å². The van der Waals surface area contributed by atoms with Crippen LogP contribution < -0.4 is 0 Å². The van der Waals surface area contributed by atoms with Crippen molar-refractivity contribution in [1.29, 1.82) is 0 Å². The number of rotatable bonds is 21. The molecule has 0 aliphatic rings. The second kappa shape index (κ2) is 20.0. The molecule has 0 aromatic rings. The highest BCUT2D eigenvalue weighted by atomic mass is 16.4. The molecule has 0 heterocycles. The van der Waals surface area contributed by atoms with E-state index < -0.39 is 23.9 Å². The first kappa shape index (κ1) is 40.8. The Morgan fingerprint density at radius 2 is 0.705 bits per heavy atom. The quantitative estimate of drug-likeness (QED) is 0.0933. The van der Waals surface area contributed by atoms with E-state index in [9.17, 15) is 39.6 Å². The Morgan fingerprint density at radius 3 is 1.00 bits per heavy atom. The molecular weight excluding hydrogens is 560 g/mol. The van der Waals surface area contributed by atoms with Gasteiger partial charge in [0.1, 0.15) is 0 Å². The van der Waals surface area contributed by atoms with Gasteiger partial charge >= 0.3 is 23.9 Å².